The molecule has 1 aliphatic rings. The van der Waals surface area contributed by atoms with Crippen LogP contribution in [0.5, 0.6) is 0 Å². The number of hydroxylamine groups is 2. The smallest absolute Gasteiger partial charge is 0.396 e. The summed E-state index contributed by atoms with van der Waals surface area (Å²) >= 11 is 0. The second-order valence-corrected chi connectivity index (χ2v) is 4.26. The van der Waals surface area contributed by atoms with Crippen LogP contribution >= 0.6 is 0 Å². The molecule has 0 aromatic heterocycles. The summed E-state index contributed by atoms with van der Waals surface area (Å²) in [5.74, 6) is 0. The molecule has 1 amide bonds. The highest BCUT2D eigenvalue weighted by Crippen LogP contribution is 2.18. The Morgan fingerprint density at radius 3 is 2.94 bits per heavy atom. The average Bonchev–Trinajstić information content (AvgIpc) is 2.39. The predicted molar refractivity (Wildman–Crippen MR) is 66.7 cm³/mol. The fourth-order valence-corrected chi connectivity index (χ4v) is 1.97. The van der Waals surface area contributed by atoms with E-state index in [1.54, 1.807) is 5.06 Å². The van der Waals surface area contributed by atoms with Gasteiger partial charge in [0.15, 0.2) is 0 Å². The van der Waals surface area contributed by atoms with Gasteiger partial charge in [-0.05, 0) is 24.0 Å². The van der Waals surface area contributed by atoms with Crippen LogP contribution in [0.2, 0.25) is 0 Å². The molecule has 0 radical (unpaired) electrons. The third-order valence-electron chi connectivity index (χ3n) is 2.91. The average molecular weight is 250 g/mol. The van der Waals surface area contributed by atoms with E-state index in [0.29, 0.717) is 26.1 Å². The van der Waals surface area contributed by atoms with Crippen LogP contribution in [-0.2, 0) is 17.8 Å². The molecule has 0 spiro atoms. The quantitative estimate of drug-likeness (QED) is 0.785. The van der Waals surface area contributed by atoms with Gasteiger partial charge in [-0.15, -0.1) is 5.06 Å². The van der Waals surface area contributed by atoms with Crippen LogP contribution in [0.25, 0.3) is 0 Å². The van der Waals surface area contributed by atoms with Gasteiger partial charge in [0.1, 0.15) is 0 Å². The van der Waals surface area contributed by atoms with Gasteiger partial charge >= 0.3 is 6.09 Å². The van der Waals surface area contributed by atoms with Crippen LogP contribution in [-0.4, -0.2) is 36.0 Å². The first kappa shape index (κ1) is 12.9. The lowest BCUT2D eigenvalue weighted by atomic mass is 10.0. The van der Waals surface area contributed by atoms with Crippen LogP contribution in [0.4, 0.5) is 4.79 Å². The highest BCUT2D eigenvalue weighted by Gasteiger charge is 2.18. The third-order valence-corrected chi connectivity index (χ3v) is 2.91. The van der Waals surface area contributed by atoms with Gasteiger partial charge in [-0.3, -0.25) is 0 Å². The lowest BCUT2D eigenvalue weighted by molar-refractivity contribution is -0.111. The maximum atomic E-state index is 11.4. The Balaban J connectivity index is 1.80. The Bertz CT molecular complexity index is 409. The van der Waals surface area contributed by atoms with E-state index in [-0.39, 0.29) is 6.61 Å². The van der Waals surface area contributed by atoms with Crippen molar-refractivity contribution in [1.82, 2.24) is 10.4 Å². The van der Waals surface area contributed by atoms with E-state index in [0.717, 1.165) is 6.42 Å². The number of amides is 1. The van der Waals surface area contributed by atoms with Crippen molar-refractivity contribution >= 4 is 6.09 Å². The number of rotatable bonds is 4. The standard InChI is InChI=1S/C13H18N2O3/c16-9-3-7-14-13(17)18-15-8-6-11-4-1-2-5-12(11)10-15/h1-2,4-5,16H,3,6-10H2,(H,14,17). The molecule has 5 heteroatoms. The molecular weight excluding hydrogens is 232 g/mol. The predicted octanol–water partition coefficient (Wildman–Crippen LogP) is 1.07. The van der Waals surface area contributed by atoms with Crippen molar-refractivity contribution in [3.63, 3.8) is 0 Å². The Morgan fingerprint density at radius 1 is 1.39 bits per heavy atom. The molecule has 1 aromatic carbocycles. The number of carbonyl (C=O) groups is 1. The van der Waals surface area contributed by atoms with Crippen molar-refractivity contribution in [2.75, 3.05) is 19.7 Å². The van der Waals surface area contributed by atoms with Gasteiger partial charge < -0.3 is 15.3 Å². The molecule has 1 heterocycles. The lowest BCUT2D eigenvalue weighted by Crippen LogP contribution is -2.37. The Morgan fingerprint density at radius 2 is 2.17 bits per heavy atom. The number of fused-ring (bicyclic) bond motifs is 1. The van der Waals surface area contributed by atoms with Gasteiger partial charge in [-0.2, -0.15) is 0 Å². The molecule has 5 nitrogen and oxygen atoms in total. The Hall–Kier alpha value is -1.59. The second kappa shape index (κ2) is 6.37. The molecule has 0 aliphatic carbocycles. The van der Waals surface area contributed by atoms with Gasteiger partial charge in [-0.1, -0.05) is 24.3 Å². The first-order chi connectivity index (χ1) is 8.79. The van der Waals surface area contributed by atoms with E-state index in [1.807, 2.05) is 12.1 Å². The molecule has 18 heavy (non-hydrogen) atoms. The van der Waals surface area contributed by atoms with Crippen molar-refractivity contribution in [1.29, 1.82) is 0 Å². The SMILES string of the molecule is O=C(NCCCO)ON1CCc2ccccc2C1. The van der Waals surface area contributed by atoms with E-state index >= 15 is 0 Å². The van der Waals surface area contributed by atoms with E-state index in [4.69, 9.17) is 9.94 Å². The van der Waals surface area contributed by atoms with Crippen LogP contribution in [0.1, 0.15) is 17.5 Å². The van der Waals surface area contributed by atoms with E-state index in [2.05, 4.69) is 17.4 Å². The zero-order valence-corrected chi connectivity index (χ0v) is 10.3. The normalized spacial score (nSPS) is 14.9. The number of benzene rings is 1. The van der Waals surface area contributed by atoms with Gasteiger partial charge in [0.05, 0.1) is 6.54 Å². The largest absolute Gasteiger partial charge is 0.426 e. The Kier molecular flexibility index (Phi) is 4.55. The summed E-state index contributed by atoms with van der Waals surface area (Å²) in [6.45, 7) is 1.84. The summed E-state index contributed by atoms with van der Waals surface area (Å²) in [5.41, 5.74) is 2.52. The molecule has 98 valence electrons. The highest BCUT2D eigenvalue weighted by atomic mass is 16.7. The fraction of sp³-hybridized carbons (Fsp3) is 0.462. The summed E-state index contributed by atoms with van der Waals surface area (Å²) < 4.78 is 0. The van der Waals surface area contributed by atoms with E-state index < -0.39 is 6.09 Å². The minimum atomic E-state index is -0.456. The van der Waals surface area contributed by atoms with Crippen molar-refractivity contribution in [2.24, 2.45) is 0 Å². The number of nitrogens with zero attached hydrogens (tertiary/aromatic N) is 1. The fourth-order valence-electron chi connectivity index (χ4n) is 1.97. The first-order valence-electron chi connectivity index (χ1n) is 6.18. The summed E-state index contributed by atoms with van der Waals surface area (Å²) in [5, 5.41) is 12.9. The molecule has 0 saturated carbocycles. The number of aliphatic hydroxyl groups is 1. The molecule has 0 atom stereocenters. The van der Waals surface area contributed by atoms with Crippen LogP contribution < -0.4 is 5.32 Å². The van der Waals surface area contributed by atoms with Gasteiger partial charge in [0, 0.05) is 19.7 Å². The van der Waals surface area contributed by atoms with Crippen LogP contribution in [0, 0.1) is 0 Å². The summed E-state index contributed by atoms with van der Waals surface area (Å²) in [6.07, 6.45) is 0.973. The monoisotopic (exact) mass is 250 g/mol. The lowest BCUT2D eigenvalue weighted by Gasteiger charge is -2.27. The minimum absolute atomic E-state index is 0.0668. The number of aliphatic hydroxyl groups excluding tert-OH is 1. The van der Waals surface area contributed by atoms with E-state index in [1.165, 1.54) is 11.1 Å². The van der Waals surface area contributed by atoms with Crippen LogP contribution in [0.3, 0.4) is 0 Å². The minimum Gasteiger partial charge on any atom is -0.396 e. The highest BCUT2D eigenvalue weighted by molar-refractivity contribution is 5.66. The van der Waals surface area contributed by atoms with E-state index in [9.17, 15) is 4.79 Å². The molecule has 0 fully saturated rings. The number of carbonyl (C=O) groups excluding carboxylic acids is 1. The number of hydrogen-bond donors (Lipinski definition) is 2. The molecule has 2 N–H and O–H groups in total. The second-order valence-electron chi connectivity index (χ2n) is 4.26. The summed E-state index contributed by atoms with van der Waals surface area (Å²) in [4.78, 5) is 16.6. The van der Waals surface area contributed by atoms with Gasteiger partial charge in [0.2, 0.25) is 0 Å². The Labute approximate surface area is 106 Å². The van der Waals surface area contributed by atoms with Crippen molar-refractivity contribution in [2.45, 2.75) is 19.4 Å². The van der Waals surface area contributed by atoms with Crippen molar-refractivity contribution in [3.8, 4) is 0 Å². The topological polar surface area (TPSA) is 61.8 Å². The van der Waals surface area contributed by atoms with Crippen LogP contribution in [0.15, 0.2) is 24.3 Å². The van der Waals surface area contributed by atoms with Gasteiger partial charge in [-0.25, -0.2) is 4.79 Å². The van der Waals surface area contributed by atoms with Crippen molar-refractivity contribution in [3.05, 3.63) is 35.4 Å². The van der Waals surface area contributed by atoms with Gasteiger partial charge in [0.25, 0.3) is 0 Å². The summed E-state index contributed by atoms with van der Waals surface area (Å²) in [7, 11) is 0. The third kappa shape index (κ3) is 3.45. The molecular formula is C13H18N2O3. The molecule has 0 unspecified atom stereocenters. The maximum Gasteiger partial charge on any atom is 0.426 e. The first-order valence-corrected chi connectivity index (χ1v) is 6.18. The van der Waals surface area contributed by atoms with Crippen molar-refractivity contribution < 1.29 is 14.7 Å². The zero-order chi connectivity index (χ0) is 12.8. The zero-order valence-electron chi connectivity index (χ0n) is 10.3. The molecule has 0 saturated heterocycles. The summed E-state index contributed by atoms with van der Waals surface area (Å²) in [6, 6.07) is 8.17. The molecule has 0 bridgehead atoms. The molecule has 1 aromatic rings. The number of nitrogens with one attached hydrogen (secondary N) is 1. The molecule has 1 aliphatic heterocycles. The maximum absolute atomic E-state index is 11.4. The molecule has 2 rings (SSSR count). The number of hydrogen-bond acceptors (Lipinski definition) is 4.